The first-order chi connectivity index (χ1) is 11.3. The molecule has 0 amide bonds. The molecule has 7 heteroatoms. The van der Waals surface area contributed by atoms with E-state index < -0.39 is 0 Å². The van der Waals surface area contributed by atoms with Crippen molar-refractivity contribution in [3.63, 3.8) is 0 Å². The normalized spacial score (nSPS) is 10.9. The topological polar surface area (TPSA) is 63.8 Å². The fourth-order valence-corrected chi connectivity index (χ4v) is 3.75. The standard InChI is InChI=1S/C16H18N4OS2/c1-3-9-17-15-19-20-16(23-15)22-10-13-11(2)21-14(18-13)12-7-5-4-6-8-12/h4-8H,3,9-10H2,1-2H3,(H,17,19). The molecule has 23 heavy (non-hydrogen) atoms. The summed E-state index contributed by atoms with van der Waals surface area (Å²) >= 11 is 3.21. The Morgan fingerprint density at radius 1 is 1.22 bits per heavy atom. The summed E-state index contributed by atoms with van der Waals surface area (Å²) < 4.78 is 6.72. The molecule has 0 spiro atoms. The number of oxazole rings is 1. The maximum atomic E-state index is 5.78. The van der Waals surface area contributed by atoms with Gasteiger partial charge in [0.25, 0.3) is 0 Å². The van der Waals surface area contributed by atoms with Crippen molar-refractivity contribution in [2.75, 3.05) is 11.9 Å². The molecular weight excluding hydrogens is 328 g/mol. The molecule has 1 aromatic carbocycles. The van der Waals surface area contributed by atoms with Crippen molar-refractivity contribution in [1.82, 2.24) is 15.2 Å². The quantitative estimate of drug-likeness (QED) is 0.630. The monoisotopic (exact) mass is 346 g/mol. The molecule has 3 rings (SSSR count). The van der Waals surface area contributed by atoms with Crippen molar-refractivity contribution >= 4 is 28.2 Å². The molecule has 2 heterocycles. The second kappa shape index (κ2) is 7.61. The molecule has 0 aliphatic carbocycles. The lowest BCUT2D eigenvalue weighted by atomic mass is 10.2. The number of aromatic nitrogens is 3. The smallest absolute Gasteiger partial charge is 0.226 e. The molecule has 5 nitrogen and oxygen atoms in total. The largest absolute Gasteiger partial charge is 0.441 e. The van der Waals surface area contributed by atoms with Crippen LogP contribution >= 0.6 is 23.1 Å². The van der Waals surface area contributed by atoms with Crippen LogP contribution in [0.25, 0.3) is 11.5 Å². The number of rotatable bonds is 7. The Labute approximate surface area is 143 Å². The first-order valence-electron chi connectivity index (χ1n) is 7.48. The van der Waals surface area contributed by atoms with Gasteiger partial charge in [0, 0.05) is 17.9 Å². The van der Waals surface area contributed by atoms with Gasteiger partial charge in [0.2, 0.25) is 11.0 Å². The van der Waals surface area contributed by atoms with E-state index in [1.165, 1.54) is 0 Å². The summed E-state index contributed by atoms with van der Waals surface area (Å²) in [4.78, 5) is 4.60. The van der Waals surface area contributed by atoms with Gasteiger partial charge in [-0.1, -0.05) is 48.2 Å². The van der Waals surface area contributed by atoms with Crippen molar-refractivity contribution in [3.05, 3.63) is 41.8 Å². The van der Waals surface area contributed by atoms with Crippen molar-refractivity contribution in [2.24, 2.45) is 0 Å². The summed E-state index contributed by atoms with van der Waals surface area (Å²) in [5.74, 6) is 2.25. The van der Waals surface area contributed by atoms with Crippen molar-refractivity contribution in [2.45, 2.75) is 30.4 Å². The second-order valence-electron chi connectivity index (χ2n) is 4.98. The van der Waals surface area contributed by atoms with Gasteiger partial charge >= 0.3 is 0 Å². The van der Waals surface area contributed by atoms with Crippen LogP contribution < -0.4 is 5.32 Å². The van der Waals surface area contributed by atoms with Crippen molar-refractivity contribution in [3.8, 4) is 11.5 Å². The second-order valence-corrected chi connectivity index (χ2v) is 7.18. The van der Waals surface area contributed by atoms with Crippen molar-refractivity contribution < 1.29 is 4.42 Å². The van der Waals surface area contributed by atoms with Crippen LogP contribution in [-0.4, -0.2) is 21.7 Å². The Morgan fingerprint density at radius 2 is 2.04 bits per heavy atom. The highest BCUT2D eigenvalue weighted by Crippen LogP contribution is 2.30. The third-order valence-electron chi connectivity index (χ3n) is 3.18. The maximum absolute atomic E-state index is 5.78. The lowest BCUT2D eigenvalue weighted by Gasteiger charge is -1.95. The van der Waals surface area contributed by atoms with Crippen LogP contribution in [0.1, 0.15) is 24.8 Å². The predicted octanol–water partition coefficient (Wildman–Crippen LogP) is 4.62. The van der Waals surface area contributed by atoms with E-state index in [0.717, 1.165) is 45.2 Å². The third-order valence-corrected chi connectivity index (χ3v) is 5.20. The van der Waals surface area contributed by atoms with Gasteiger partial charge in [-0.15, -0.1) is 10.2 Å². The molecule has 0 unspecified atom stereocenters. The molecule has 0 aliphatic heterocycles. The van der Waals surface area contributed by atoms with E-state index >= 15 is 0 Å². The maximum Gasteiger partial charge on any atom is 0.226 e. The summed E-state index contributed by atoms with van der Waals surface area (Å²) in [5, 5.41) is 12.4. The number of thioether (sulfide) groups is 1. The van der Waals surface area contributed by atoms with E-state index in [1.54, 1.807) is 23.1 Å². The third kappa shape index (κ3) is 4.11. The van der Waals surface area contributed by atoms with E-state index in [0.29, 0.717) is 5.89 Å². The van der Waals surface area contributed by atoms with Gasteiger partial charge < -0.3 is 9.73 Å². The molecule has 1 N–H and O–H groups in total. The van der Waals surface area contributed by atoms with Gasteiger partial charge in [-0.25, -0.2) is 4.98 Å². The zero-order valence-corrected chi connectivity index (χ0v) is 14.7. The molecule has 120 valence electrons. The molecule has 3 aromatic rings. The Bertz CT molecular complexity index is 755. The average Bonchev–Trinajstić information content (AvgIpc) is 3.18. The van der Waals surface area contributed by atoms with Gasteiger partial charge in [0.05, 0.1) is 5.69 Å². The first-order valence-corrected chi connectivity index (χ1v) is 9.28. The SMILES string of the molecule is CCCNc1nnc(SCc2nc(-c3ccccc3)oc2C)s1. The fourth-order valence-electron chi connectivity index (χ4n) is 1.97. The Morgan fingerprint density at radius 3 is 2.83 bits per heavy atom. The Hall–Kier alpha value is -1.86. The van der Waals surface area contributed by atoms with Crippen LogP contribution in [0, 0.1) is 6.92 Å². The average molecular weight is 346 g/mol. The fraction of sp³-hybridized carbons (Fsp3) is 0.312. The molecular formula is C16H18N4OS2. The Balaban J connectivity index is 1.64. The van der Waals surface area contributed by atoms with Crippen molar-refractivity contribution in [1.29, 1.82) is 0 Å². The van der Waals surface area contributed by atoms with Gasteiger partial charge in [0.15, 0.2) is 4.34 Å². The van der Waals surface area contributed by atoms with Gasteiger partial charge in [-0.05, 0) is 25.5 Å². The minimum atomic E-state index is 0.668. The van der Waals surface area contributed by atoms with Crippen LogP contribution in [0.15, 0.2) is 39.1 Å². The van der Waals surface area contributed by atoms with Crippen LogP contribution in [0.5, 0.6) is 0 Å². The zero-order chi connectivity index (χ0) is 16.1. The molecule has 0 bridgehead atoms. The molecule has 0 saturated heterocycles. The van der Waals surface area contributed by atoms with Gasteiger partial charge in [-0.2, -0.15) is 0 Å². The van der Waals surface area contributed by atoms with Crippen LogP contribution in [0.4, 0.5) is 5.13 Å². The van der Waals surface area contributed by atoms with E-state index in [-0.39, 0.29) is 0 Å². The highest BCUT2D eigenvalue weighted by Gasteiger charge is 2.13. The highest BCUT2D eigenvalue weighted by molar-refractivity contribution is 8.00. The molecule has 0 atom stereocenters. The van der Waals surface area contributed by atoms with Crippen LogP contribution in [0.3, 0.4) is 0 Å². The lowest BCUT2D eigenvalue weighted by Crippen LogP contribution is -1.98. The zero-order valence-electron chi connectivity index (χ0n) is 13.1. The number of benzene rings is 1. The highest BCUT2D eigenvalue weighted by atomic mass is 32.2. The Kier molecular flexibility index (Phi) is 5.30. The van der Waals surface area contributed by atoms with E-state index in [9.17, 15) is 0 Å². The van der Waals surface area contributed by atoms with Gasteiger partial charge in [0.1, 0.15) is 5.76 Å². The number of nitrogens with zero attached hydrogens (tertiary/aromatic N) is 3. The summed E-state index contributed by atoms with van der Waals surface area (Å²) in [7, 11) is 0. The molecule has 0 saturated carbocycles. The van der Waals surface area contributed by atoms with E-state index in [2.05, 4.69) is 27.4 Å². The van der Waals surface area contributed by atoms with Crippen LogP contribution in [-0.2, 0) is 5.75 Å². The minimum absolute atomic E-state index is 0.668. The summed E-state index contributed by atoms with van der Waals surface area (Å²) in [6.07, 6.45) is 1.07. The molecule has 0 radical (unpaired) electrons. The first kappa shape index (κ1) is 16.0. The number of hydrogen-bond acceptors (Lipinski definition) is 7. The molecule has 0 aliphatic rings. The van der Waals surface area contributed by atoms with Crippen LogP contribution in [0.2, 0.25) is 0 Å². The van der Waals surface area contributed by atoms with E-state index in [4.69, 9.17) is 4.42 Å². The number of hydrogen-bond donors (Lipinski definition) is 1. The summed E-state index contributed by atoms with van der Waals surface area (Å²) in [6, 6.07) is 9.94. The minimum Gasteiger partial charge on any atom is -0.441 e. The number of anilines is 1. The lowest BCUT2D eigenvalue weighted by molar-refractivity contribution is 0.540. The predicted molar refractivity (Wildman–Crippen MR) is 94.9 cm³/mol. The number of nitrogens with one attached hydrogen (secondary N) is 1. The molecule has 2 aromatic heterocycles. The van der Waals surface area contributed by atoms with Gasteiger partial charge in [-0.3, -0.25) is 0 Å². The summed E-state index contributed by atoms with van der Waals surface area (Å²) in [6.45, 7) is 4.99. The number of aryl methyl sites for hydroxylation is 1. The molecule has 0 fully saturated rings. The van der Waals surface area contributed by atoms with E-state index in [1.807, 2.05) is 37.3 Å². The summed E-state index contributed by atoms with van der Waals surface area (Å²) in [5.41, 5.74) is 1.95.